The molecule has 0 saturated heterocycles. The van der Waals surface area contributed by atoms with Gasteiger partial charge in [-0.25, -0.2) is 0 Å². The van der Waals surface area contributed by atoms with Crippen LogP contribution in [0.4, 0.5) is 0 Å². The zero-order valence-corrected chi connectivity index (χ0v) is 12.8. The molecule has 112 valence electrons. The van der Waals surface area contributed by atoms with Gasteiger partial charge >= 0.3 is 0 Å². The fraction of sp³-hybridized carbons (Fsp3) is 0.857. The van der Waals surface area contributed by atoms with E-state index >= 15 is 0 Å². The predicted molar refractivity (Wildman–Crippen MR) is 75.6 cm³/mol. The van der Waals surface area contributed by atoms with E-state index < -0.39 is 11.0 Å². The fourth-order valence-electron chi connectivity index (χ4n) is 1.22. The summed E-state index contributed by atoms with van der Waals surface area (Å²) in [4.78, 5) is 23.1. The number of hydrogen-bond acceptors (Lipinski definition) is 3. The van der Waals surface area contributed by atoms with Crippen LogP contribution in [0.25, 0.3) is 0 Å². The van der Waals surface area contributed by atoms with Crippen molar-refractivity contribution in [3.8, 4) is 0 Å². The van der Waals surface area contributed by atoms with E-state index in [1.54, 1.807) is 6.92 Å². The molecule has 0 aliphatic carbocycles. The van der Waals surface area contributed by atoms with E-state index in [1.807, 2.05) is 27.7 Å². The van der Waals surface area contributed by atoms with Crippen molar-refractivity contribution >= 4 is 11.8 Å². The Morgan fingerprint density at radius 3 is 2.16 bits per heavy atom. The van der Waals surface area contributed by atoms with Gasteiger partial charge in [-0.2, -0.15) is 0 Å². The Labute approximate surface area is 116 Å². The minimum absolute atomic E-state index is 0.0122. The molecule has 5 nitrogen and oxygen atoms in total. The molecule has 0 radical (unpaired) electrons. The molecule has 0 aromatic rings. The number of amides is 2. The summed E-state index contributed by atoms with van der Waals surface area (Å²) in [7, 11) is 0. The summed E-state index contributed by atoms with van der Waals surface area (Å²) in [6, 6.07) is 0. The Bertz CT molecular complexity index is 306. The highest BCUT2D eigenvalue weighted by Gasteiger charge is 2.20. The standard InChI is InChI=1S/C14H28N2O3/c1-6-14(5,19)10-16-11(17)8-7-9-15-12(18)13(2,3)4/h19H,6-10H2,1-5H3,(H,15,18)(H,16,17). The number of nitrogens with one attached hydrogen (secondary N) is 2. The van der Waals surface area contributed by atoms with E-state index in [2.05, 4.69) is 10.6 Å². The van der Waals surface area contributed by atoms with Gasteiger partial charge in [0.15, 0.2) is 0 Å². The first-order valence-corrected chi connectivity index (χ1v) is 6.86. The molecule has 0 rings (SSSR count). The van der Waals surface area contributed by atoms with Gasteiger partial charge < -0.3 is 15.7 Å². The maximum absolute atomic E-state index is 11.6. The molecular weight excluding hydrogens is 244 g/mol. The average Bonchev–Trinajstić information content (AvgIpc) is 2.30. The maximum atomic E-state index is 11.6. The van der Waals surface area contributed by atoms with Crippen LogP contribution >= 0.6 is 0 Å². The second-order valence-electron chi connectivity index (χ2n) is 6.24. The van der Waals surface area contributed by atoms with Crippen LogP contribution in [0.15, 0.2) is 0 Å². The van der Waals surface area contributed by atoms with E-state index in [0.29, 0.717) is 25.8 Å². The van der Waals surface area contributed by atoms with Gasteiger partial charge in [0.2, 0.25) is 11.8 Å². The lowest BCUT2D eigenvalue weighted by Crippen LogP contribution is -2.40. The molecule has 19 heavy (non-hydrogen) atoms. The highest BCUT2D eigenvalue weighted by atomic mass is 16.3. The minimum Gasteiger partial charge on any atom is -0.388 e. The SMILES string of the molecule is CCC(C)(O)CNC(=O)CCCNC(=O)C(C)(C)C. The van der Waals surface area contributed by atoms with E-state index in [0.717, 1.165) is 0 Å². The topological polar surface area (TPSA) is 78.4 Å². The molecule has 1 unspecified atom stereocenters. The highest BCUT2D eigenvalue weighted by Crippen LogP contribution is 2.12. The molecule has 0 aromatic heterocycles. The van der Waals surface area contributed by atoms with Gasteiger partial charge in [-0.1, -0.05) is 27.7 Å². The molecule has 0 fully saturated rings. The second kappa shape index (κ2) is 7.48. The molecule has 0 bridgehead atoms. The van der Waals surface area contributed by atoms with Gasteiger partial charge in [-0.15, -0.1) is 0 Å². The normalized spacial score (nSPS) is 14.6. The molecular formula is C14H28N2O3. The molecule has 0 aromatic carbocycles. The molecule has 0 heterocycles. The highest BCUT2D eigenvalue weighted by molar-refractivity contribution is 5.81. The quantitative estimate of drug-likeness (QED) is 0.609. The summed E-state index contributed by atoms with van der Waals surface area (Å²) < 4.78 is 0. The largest absolute Gasteiger partial charge is 0.388 e. The summed E-state index contributed by atoms with van der Waals surface area (Å²) in [6.45, 7) is 9.86. The summed E-state index contributed by atoms with van der Waals surface area (Å²) in [5.74, 6) is -0.111. The first kappa shape index (κ1) is 17.9. The second-order valence-corrected chi connectivity index (χ2v) is 6.24. The third kappa shape index (κ3) is 8.59. The number of aliphatic hydroxyl groups is 1. The molecule has 1 atom stereocenters. The van der Waals surface area contributed by atoms with Gasteiger partial charge in [0.05, 0.1) is 5.60 Å². The first-order valence-electron chi connectivity index (χ1n) is 6.86. The lowest BCUT2D eigenvalue weighted by molar-refractivity contribution is -0.128. The zero-order chi connectivity index (χ0) is 15.1. The zero-order valence-electron chi connectivity index (χ0n) is 12.8. The third-order valence-corrected chi connectivity index (χ3v) is 2.98. The molecule has 2 amide bonds. The van der Waals surface area contributed by atoms with Crippen molar-refractivity contribution in [2.24, 2.45) is 5.41 Å². The molecule has 0 aliphatic rings. The number of hydrogen-bond donors (Lipinski definition) is 3. The van der Waals surface area contributed by atoms with Gasteiger partial charge in [0, 0.05) is 24.9 Å². The Balaban J connectivity index is 3.74. The fourth-order valence-corrected chi connectivity index (χ4v) is 1.22. The van der Waals surface area contributed by atoms with Crippen LogP contribution < -0.4 is 10.6 Å². The Morgan fingerprint density at radius 1 is 1.11 bits per heavy atom. The summed E-state index contributed by atoms with van der Waals surface area (Å²) in [5.41, 5.74) is -1.25. The van der Waals surface area contributed by atoms with Crippen LogP contribution in [0.1, 0.15) is 53.9 Å². The number of carbonyl (C=O) groups is 2. The van der Waals surface area contributed by atoms with Crippen LogP contribution in [0, 0.1) is 5.41 Å². The van der Waals surface area contributed by atoms with E-state index in [4.69, 9.17) is 0 Å². The molecule has 3 N–H and O–H groups in total. The van der Waals surface area contributed by atoms with Gasteiger partial charge in [-0.05, 0) is 19.8 Å². The molecule has 0 spiro atoms. The van der Waals surface area contributed by atoms with Crippen molar-refractivity contribution in [2.75, 3.05) is 13.1 Å². The smallest absolute Gasteiger partial charge is 0.225 e. The van der Waals surface area contributed by atoms with Crippen molar-refractivity contribution in [2.45, 2.75) is 59.5 Å². The molecule has 0 aliphatic heterocycles. The lowest BCUT2D eigenvalue weighted by Gasteiger charge is -2.21. The molecule has 0 saturated carbocycles. The van der Waals surface area contributed by atoms with Gasteiger partial charge in [0.1, 0.15) is 0 Å². The number of rotatable bonds is 7. The number of carbonyl (C=O) groups excluding carboxylic acids is 2. The van der Waals surface area contributed by atoms with Gasteiger partial charge in [0.25, 0.3) is 0 Å². The first-order chi connectivity index (χ1) is 8.58. The van der Waals surface area contributed by atoms with Crippen LogP contribution in [0.5, 0.6) is 0 Å². The van der Waals surface area contributed by atoms with E-state index in [-0.39, 0.29) is 18.4 Å². The minimum atomic E-state index is -0.851. The van der Waals surface area contributed by atoms with Gasteiger partial charge in [-0.3, -0.25) is 9.59 Å². The van der Waals surface area contributed by atoms with Crippen LogP contribution in [-0.4, -0.2) is 35.6 Å². The average molecular weight is 272 g/mol. The Hall–Kier alpha value is -1.10. The van der Waals surface area contributed by atoms with Crippen molar-refractivity contribution in [3.05, 3.63) is 0 Å². The monoisotopic (exact) mass is 272 g/mol. The molecule has 5 heteroatoms. The van der Waals surface area contributed by atoms with Crippen molar-refractivity contribution in [3.63, 3.8) is 0 Å². The Kier molecular flexibility index (Phi) is 7.05. The van der Waals surface area contributed by atoms with Crippen LogP contribution in [-0.2, 0) is 9.59 Å². The van der Waals surface area contributed by atoms with Crippen molar-refractivity contribution in [1.29, 1.82) is 0 Å². The third-order valence-electron chi connectivity index (χ3n) is 2.98. The van der Waals surface area contributed by atoms with E-state index in [1.165, 1.54) is 0 Å². The van der Waals surface area contributed by atoms with Crippen molar-refractivity contribution in [1.82, 2.24) is 10.6 Å². The summed E-state index contributed by atoms with van der Waals surface area (Å²) >= 11 is 0. The van der Waals surface area contributed by atoms with E-state index in [9.17, 15) is 14.7 Å². The van der Waals surface area contributed by atoms with Crippen LogP contribution in [0.2, 0.25) is 0 Å². The summed E-state index contributed by atoms with van der Waals surface area (Å²) in [5, 5.41) is 15.2. The Morgan fingerprint density at radius 2 is 1.68 bits per heavy atom. The maximum Gasteiger partial charge on any atom is 0.225 e. The van der Waals surface area contributed by atoms with Crippen LogP contribution in [0.3, 0.4) is 0 Å². The summed E-state index contributed by atoms with van der Waals surface area (Å²) in [6.07, 6.45) is 1.54. The van der Waals surface area contributed by atoms with Crippen molar-refractivity contribution < 1.29 is 14.7 Å². The predicted octanol–water partition coefficient (Wildman–Crippen LogP) is 1.21. The lowest BCUT2D eigenvalue weighted by atomic mass is 9.96.